The maximum atomic E-state index is 12.6. The second-order valence-electron chi connectivity index (χ2n) is 25.0. The second kappa shape index (κ2) is 42.0. The van der Waals surface area contributed by atoms with E-state index in [2.05, 4.69) is 24.5 Å². The minimum Gasteiger partial charge on any atom is -0.466 e. The molecule has 4 heterocycles. The zero-order chi connectivity index (χ0) is 60.1. The molecule has 0 radical (unpaired) electrons. The van der Waals surface area contributed by atoms with Crippen LogP contribution in [-0.2, 0) is 70.2 Å². The van der Waals surface area contributed by atoms with E-state index in [1.54, 1.807) is 0 Å². The summed E-state index contributed by atoms with van der Waals surface area (Å²) in [7, 11) is 0. The first-order valence-corrected chi connectivity index (χ1v) is 34.0. The Bertz CT molecular complexity index is 1840. The molecule has 0 bridgehead atoms. The molecule has 4 saturated heterocycles. The van der Waals surface area contributed by atoms with Crippen molar-refractivity contribution in [2.45, 2.75) is 334 Å². The molecule has 0 unspecified atom stereocenters. The van der Waals surface area contributed by atoms with Crippen molar-refractivity contribution in [1.82, 2.24) is 10.6 Å². The van der Waals surface area contributed by atoms with Crippen LogP contribution in [0.4, 0.5) is 0 Å². The maximum Gasteiger partial charge on any atom is 0.307 e. The van der Waals surface area contributed by atoms with Crippen molar-refractivity contribution >= 4 is 11.9 Å². The molecule has 4 fully saturated rings. The largest absolute Gasteiger partial charge is 0.466 e. The number of fused-ring (bicyclic) bond motifs is 2. The maximum absolute atomic E-state index is 12.6. The molecule has 6 rings (SSSR count). The summed E-state index contributed by atoms with van der Waals surface area (Å²) < 4.78 is 60.8. The smallest absolute Gasteiger partial charge is 0.307 e. The summed E-state index contributed by atoms with van der Waals surface area (Å²) in [6.07, 6.45) is 34.4. The summed E-state index contributed by atoms with van der Waals surface area (Å²) in [5.41, 5.74) is 2.16. The van der Waals surface area contributed by atoms with Crippen LogP contribution in [0.25, 0.3) is 0 Å². The second-order valence-corrected chi connectivity index (χ2v) is 25.0. The predicted molar refractivity (Wildman–Crippen MR) is 334 cm³/mol. The fourth-order valence-corrected chi connectivity index (χ4v) is 12.2. The van der Waals surface area contributed by atoms with Crippen LogP contribution in [0.5, 0.6) is 0 Å². The first-order chi connectivity index (χ1) is 40.9. The Kier molecular flexibility index (Phi) is 35.9. The number of carbonyl (C=O) groups is 2. The number of rotatable bonds is 46. The molecule has 14 heteroatoms. The average molecular weight is 1180 g/mol. The van der Waals surface area contributed by atoms with Crippen molar-refractivity contribution in [2.75, 3.05) is 26.3 Å². The van der Waals surface area contributed by atoms with E-state index in [0.717, 1.165) is 37.1 Å². The molecule has 2 aromatic rings. The van der Waals surface area contributed by atoms with E-state index in [1.807, 2.05) is 102 Å². The summed E-state index contributed by atoms with van der Waals surface area (Å²) in [5.74, 6) is -1.96. The third-order valence-electron chi connectivity index (χ3n) is 16.7. The Balaban J connectivity index is 0.000000307. The van der Waals surface area contributed by atoms with Gasteiger partial charge in [0.05, 0.1) is 39.3 Å². The Morgan fingerprint density at radius 2 is 0.726 bits per heavy atom. The molecular weight excluding hydrogens is 1060 g/mol. The zero-order valence-corrected chi connectivity index (χ0v) is 53.9. The molecule has 2 aromatic carbocycles. The molecule has 10 atom stereocenters. The first kappa shape index (κ1) is 71.7. The first-order valence-electron chi connectivity index (χ1n) is 34.0. The fourth-order valence-electron chi connectivity index (χ4n) is 12.2. The number of hydrogen-bond donors (Lipinski definition) is 2. The molecule has 84 heavy (non-hydrogen) atoms. The SMILES string of the molecule is CCCCCCCCCCCCCCCCN[C@@H](CC(=O)OCC)[C@H]1O[C@@H]2OC(C)(C)O[C@@H]2[C@H]1OCc1ccccc1.CCCCCCCCCCCCCCCCN[C@H](CC(=O)OCC)[C@H]1O[C@@H]2OC(C)(C)O[C@@H]2[C@H]1OCc1ccccc1. The third-order valence-corrected chi connectivity index (χ3v) is 16.7. The molecule has 4 aliphatic heterocycles. The molecule has 0 saturated carbocycles. The van der Waals surface area contributed by atoms with Gasteiger partial charge >= 0.3 is 11.9 Å². The number of esters is 2. The van der Waals surface area contributed by atoms with Gasteiger partial charge in [0.1, 0.15) is 36.6 Å². The Morgan fingerprint density at radius 1 is 0.429 bits per heavy atom. The zero-order valence-electron chi connectivity index (χ0n) is 53.9. The predicted octanol–water partition coefficient (Wildman–Crippen LogP) is 15.7. The van der Waals surface area contributed by atoms with Crippen LogP contribution in [0.15, 0.2) is 60.7 Å². The van der Waals surface area contributed by atoms with Gasteiger partial charge < -0.3 is 58.0 Å². The summed E-state index contributed by atoms with van der Waals surface area (Å²) >= 11 is 0. The van der Waals surface area contributed by atoms with Crippen LogP contribution >= 0.6 is 0 Å². The van der Waals surface area contributed by atoms with Crippen LogP contribution in [-0.4, -0.2) is 111 Å². The van der Waals surface area contributed by atoms with Gasteiger partial charge in [-0.05, 0) is 78.6 Å². The number of ether oxygens (including phenoxy) is 10. The molecule has 0 amide bonds. The number of hydrogen-bond acceptors (Lipinski definition) is 14. The average Bonchev–Trinajstić information content (AvgIpc) is 2.13. The highest BCUT2D eigenvalue weighted by Gasteiger charge is 2.58. The normalized spacial score (nSPS) is 23.6. The van der Waals surface area contributed by atoms with Crippen LogP contribution < -0.4 is 10.6 Å². The number of nitrogens with one attached hydrogen (secondary N) is 2. The Morgan fingerprint density at radius 3 is 1.02 bits per heavy atom. The molecule has 4 aliphatic rings. The van der Waals surface area contributed by atoms with Crippen molar-refractivity contribution in [2.24, 2.45) is 0 Å². The van der Waals surface area contributed by atoms with Crippen molar-refractivity contribution in [3.05, 3.63) is 71.8 Å². The lowest BCUT2D eigenvalue weighted by Crippen LogP contribution is -2.50. The van der Waals surface area contributed by atoms with E-state index in [1.165, 1.54) is 167 Å². The molecule has 0 spiro atoms. The van der Waals surface area contributed by atoms with Gasteiger partial charge in [-0.25, -0.2) is 0 Å². The summed E-state index contributed by atoms with van der Waals surface area (Å²) in [6.45, 7) is 19.0. The molecular formula is C70H118N2O12. The van der Waals surface area contributed by atoms with E-state index < -0.39 is 36.4 Å². The highest BCUT2D eigenvalue weighted by Crippen LogP contribution is 2.42. The number of carbonyl (C=O) groups excluding carboxylic acids is 2. The summed E-state index contributed by atoms with van der Waals surface area (Å²) in [5, 5.41) is 7.23. The van der Waals surface area contributed by atoms with Gasteiger partial charge in [-0.1, -0.05) is 241 Å². The van der Waals surface area contributed by atoms with E-state index >= 15 is 0 Å². The minimum absolute atomic E-state index is 0.213. The molecule has 480 valence electrons. The van der Waals surface area contributed by atoms with Gasteiger partial charge in [0.2, 0.25) is 0 Å². The van der Waals surface area contributed by atoms with E-state index in [4.69, 9.17) is 47.4 Å². The third kappa shape index (κ3) is 28.0. The van der Waals surface area contributed by atoms with E-state index in [-0.39, 0.29) is 61.3 Å². The Hall–Kier alpha value is -3.02. The minimum atomic E-state index is -0.743. The summed E-state index contributed by atoms with van der Waals surface area (Å²) in [6, 6.07) is 19.7. The topological polar surface area (TPSA) is 150 Å². The number of unbranched alkanes of at least 4 members (excludes halogenated alkanes) is 26. The summed E-state index contributed by atoms with van der Waals surface area (Å²) in [4.78, 5) is 25.2. The van der Waals surface area contributed by atoms with Gasteiger partial charge in [0, 0.05) is 12.1 Å². The lowest BCUT2D eigenvalue weighted by molar-refractivity contribution is -0.223. The fraction of sp³-hybridized carbons (Fsp3) is 0.800. The molecule has 2 N–H and O–H groups in total. The van der Waals surface area contributed by atoms with Crippen molar-refractivity contribution < 1.29 is 57.0 Å². The van der Waals surface area contributed by atoms with Gasteiger partial charge in [-0.15, -0.1) is 0 Å². The van der Waals surface area contributed by atoms with E-state index in [9.17, 15) is 9.59 Å². The van der Waals surface area contributed by atoms with Gasteiger partial charge in [-0.3, -0.25) is 9.59 Å². The van der Waals surface area contributed by atoms with Crippen LogP contribution in [0.1, 0.15) is 259 Å². The standard InChI is InChI=1S/2C35H59NO6/c2*1-5-7-8-9-10-11-12-13-14-15-16-17-18-22-25-36-29(26-30(37)38-6-2)31-32(39-27-28-23-20-19-21-24-28)33-34(40-31)42-35(3,4)41-33/h2*19-21,23-24,29,31-34,36H,5-18,22,25-27H2,1-4H3/t29-,31+,32-,33+,34+;29-,31-,32+,33-,34-/m01/s1. The van der Waals surface area contributed by atoms with Crippen LogP contribution in [0, 0.1) is 0 Å². The molecule has 14 nitrogen and oxygen atoms in total. The quantitative estimate of drug-likeness (QED) is 0.0478. The molecule has 0 aliphatic carbocycles. The van der Waals surface area contributed by atoms with Crippen molar-refractivity contribution in [1.29, 1.82) is 0 Å². The number of benzene rings is 2. The Labute approximate surface area is 509 Å². The van der Waals surface area contributed by atoms with Gasteiger partial charge in [-0.2, -0.15) is 0 Å². The highest BCUT2D eigenvalue weighted by molar-refractivity contribution is 5.70. The lowest BCUT2D eigenvalue weighted by Gasteiger charge is -2.31. The monoisotopic (exact) mass is 1180 g/mol. The van der Waals surface area contributed by atoms with Crippen molar-refractivity contribution in [3.63, 3.8) is 0 Å². The van der Waals surface area contributed by atoms with Crippen molar-refractivity contribution in [3.8, 4) is 0 Å². The van der Waals surface area contributed by atoms with Gasteiger partial charge in [0.25, 0.3) is 0 Å². The lowest BCUT2D eigenvalue weighted by atomic mass is 10.00. The van der Waals surface area contributed by atoms with E-state index in [0.29, 0.717) is 26.4 Å². The highest BCUT2D eigenvalue weighted by atomic mass is 16.9. The van der Waals surface area contributed by atoms with Gasteiger partial charge in [0.15, 0.2) is 24.2 Å². The molecule has 0 aromatic heterocycles. The van der Waals surface area contributed by atoms with Crippen LogP contribution in [0.3, 0.4) is 0 Å². The van der Waals surface area contributed by atoms with Crippen LogP contribution in [0.2, 0.25) is 0 Å².